The van der Waals surface area contributed by atoms with Crippen LogP contribution in [0.5, 0.6) is 0 Å². The Balaban J connectivity index is 5.23. The van der Waals surface area contributed by atoms with Crippen molar-refractivity contribution in [2.75, 3.05) is 39.6 Å². The monoisotopic (exact) mass is 1540 g/mol. The summed E-state index contributed by atoms with van der Waals surface area (Å²) in [6.07, 6.45) is 69.4. The van der Waals surface area contributed by atoms with Crippen molar-refractivity contribution in [3.05, 3.63) is 0 Å². The first-order chi connectivity index (χ1) is 50.9. The van der Waals surface area contributed by atoms with Gasteiger partial charge in [-0.1, -0.05) is 408 Å². The van der Waals surface area contributed by atoms with Crippen LogP contribution >= 0.6 is 15.6 Å². The van der Waals surface area contributed by atoms with Gasteiger partial charge < -0.3 is 33.8 Å². The van der Waals surface area contributed by atoms with E-state index >= 15 is 0 Å². The maximum absolute atomic E-state index is 13.1. The number of ether oxygens (including phenoxy) is 4. The lowest BCUT2D eigenvalue weighted by Gasteiger charge is -2.21. The molecule has 0 aliphatic rings. The third kappa shape index (κ3) is 79.9. The fraction of sp³-hybridized carbons (Fsp3) is 0.953. The van der Waals surface area contributed by atoms with Crippen LogP contribution in [0.4, 0.5) is 0 Å². The van der Waals surface area contributed by atoms with Crippen LogP contribution < -0.4 is 0 Å². The molecular weight excluding hydrogens is 1370 g/mol. The molecule has 2 unspecified atom stereocenters. The molecule has 17 nitrogen and oxygen atoms in total. The van der Waals surface area contributed by atoms with E-state index in [0.29, 0.717) is 25.7 Å². The van der Waals surface area contributed by atoms with Crippen molar-refractivity contribution in [2.24, 2.45) is 11.8 Å². The maximum atomic E-state index is 13.1. The molecule has 0 heterocycles. The first-order valence-electron chi connectivity index (χ1n) is 44.5. The molecule has 19 heteroatoms. The molecule has 0 aromatic heterocycles. The van der Waals surface area contributed by atoms with Gasteiger partial charge in [0.1, 0.15) is 19.3 Å². The highest BCUT2D eigenvalue weighted by Crippen LogP contribution is 2.45. The summed E-state index contributed by atoms with van der Waals surface area (Å²) in [5, 5.41) is 10.7. The molecule has 0 radical (unpaired) electrons. The summed E-state index contributed by atoms with van der Waals surface area (Å²) in [5.41, 5.74) is 0. The summed E-state index contributed by atoms with van der Waals surface area (Å²) in [6, 6.07) is 0. The Morgan fingerprint density at radius 2 is 0.438 bits per heavy atom. The van der Waals surface area contributed by atoms with Crippen molar-refractivity contribution in [3.8, 4) is 0 Å². The minimum Gasteiger partial charge on any atom is -0.462 e. The fourth-order valence-corrected chi connectivity index (χ4v) is 15.0. The summed E-state index contributed by atoms with van der Waals surface area (Å²) in [6.45, 7) is 9.70. The van der Waals surface area contributed by atoms with E-state index < -0.39 is 97.5 Å². The average molecular weight is 1540 g/mol. The normalized spacial score (nSPS) is 13.8. The number of esters is 4. The topological polar surface area (TPSA) is 237 Å². The Kier molecular flexibility index (Phi) is 76.0. The summed E-state index contributed by atoms with van der Waals surface area (Å²) in [5.74, 6) is -0.524. The second kappa shape index (κ2) is 77.4. The molecule has 0 aliphatic carbocycles. The molecule has 0 spiro atoms. The Bertz CT molecular complexity index is 2010. The second-order valence-electron chi connectivity index (χ2n) is 31.9. The zero-order valence-electron chi connectivity index (χ0n) is 69.0. The average Bonchev–Trinajstić information content (AvgIpc) is 1.00. The summed E-state index contributed by atoms with van der Waals surface area (Å²) in [7, 11) is -9.93. The van der Waals surface area contributed by atoms with Crippen molar-refractivity contribution < 1.29 is 80.2 Å². The molecular formula is C86H168O17P2. The quantitative estimate of drug-likeness (QED) is 0.0222. The first kappa shape index (κ1) is 103. The lowest BCUT2D eigenvalue weighted by molar-refractivity contribution is -0.161. The number of phosphoric acid groups is 2. The van der Waals surface area contributed by atoms with Crippen molar-refractivity contribution >= 4 is 39.5 Å². The molecule has 5 atom stereocenters. The number of rotatable bonds is 85. The molecule has 0 aromatic carbocycles. The molecule has 0 saturated heterocycles. The number of carbonyl (C=O) groups is 4. The van der Waals surface area contributed by atoms with E-state index in [1.807, 2.05) is 0 Å². The molecule has 105 heavy (non-hydrogen) atoms. The van der Waals surface area contributed by atoms with Gasteiger partial charge in [-0.25, -0.2) is 9.13 Å². The van der Waals surface area contributed by atoms with E-state index in [4.69, 9.17) is 37.0 Å². The lowest BCUT2D eigenvalue weighted by atomic mass is 10.0. The minimum absolute atomic E-state index is 0.107. The fourth-order valence-electron chi connectivity index (χ4n) is 13.4. The first-order valence-corrected chi connectivity index (χ1v) is 47.5. The number of hydrogen-bond donors (Lipinski definition) is 3. The highest BCUT2D eigenvalue weighted by Gasteiger charge is 2.30. The number of carbonyl (C=O) groups excluding carboxylic acids is 4. The van der Waals surface area contributed by atoms with E-state index in [-0.39, 0.29) is 25.7 Å². The molecule has 0 aliphatic heterocycles. The van der Waals surface area contributed by atoms with Crippen LogP contribution in [-0.4, -0.2) is 96.7 Å². The zero-order valence-corrected chi connectivity index (χ0v) is 70.8. The van der Waals surface area contributed by atoms with Crippen LogP contribution in [0, 0.1) is 11.8 Å². The van der Waals surface area contributed by atoms with Gasteiger partial charge in [0.15, 0.2) is 12.2 Å². The zero-order chi connectivity index (χ0) is 77.1. The van der Waals surface area contributed by atoms with Gasteiger partial charge in [-0.05, 0) is 37.5 Å². The molecule has 0 fully saturated rings. The predicted molar refractivity (Wildman–Crippen MR) is 432 cm³/mol. The van der Waals surface area contributed by atoms with Crippen LogP contribution in [-0.2, 0) is 65.4 Å². The van der Waals surface area contributed by atoms with Gasteiger partial charge in [-0.2, -0.15) is 0 Å². The van der Waals surface area contributed by atoms with Gasteiger partial charge in [0, 0.05) is 25.7 Å². The molecule has 0 amide bonds. The third-order valence-electron chi connectivity index (χ3n) is 20.2. The van der Waals surface area contributed by atoms with Gasteiger partial charge in [-0.3, -0.25) is 37.3 Å². The molecule has 3 N–H and O–H groups in total. The third-order valence-corrected chi connectivity index (χ3v) is 22.1. The van der Waals surface area contributed by atoms with E-state index in [1.54, 1.807) is 0 Å². The molecule has 624 valence electrons. The van der Waals surface area contributed by atoms with Crippen molar-refractivity contribution in [1.82, 2.24) is 0 Å². The largest absolute Gasteiger partial charge is 0.472 e. The van der Waals surface area contributed by atoms with Crippen LogP contribution in [0.2, 0.25) is 0 Å². The van der Waals surface area contributed by atoms with Crippen molar-refractivity contribution in [1.29, 1.82) is 0 Å². The van der Waals surface area contributed by atoms with E-state index in [2.05, 4.69) is 41.5 Å². The highest BCUT2D eigenvalue weighted by molar-refractivity contribution is 7.47. The van der Waals surface area contributed by atoms with Crippen LogP contribution in [0.1, 0.15) is 459 Å². The van der Waals surface area contributed by atoms with E-state index in [0.717, 1.165) is 102 Å². The second-order valence-corrected chi connectivity index (χ2v) is 34.8. The smallest absolute Gasteiger partial charge is 0.462 e. The highest BCUT2D eigenvalue weighted by atomic mass is 31.2. The Labute approximate surface area is 645 Å². The van der Waals surface area contributed by atoms with Crippen LogP contribution in [0.3, 0.4) is 0 Å². The molecule has 0 bridgehead atoms. The number of aliphatic hydroxyl groups is 1. The maximum Gasteiger partial charge on any atom is 0.472 e. The summed E-state index contributed by atoms with van der Waals surface area (Å²) in [4.78, 5) is 73.2. The van der Waals surface area contributed by atoms with Crippen LogP contribution in [0.15, 0.2) is 0 Å². The number of hydrogen-bond acceptors (Lipinski definition) is 15. The molecule has 0 rings (SSSR count). The minimum atomic E-state index is -4.97. The number of unbranched alkanes of at least 4 members (excludes halogenated alkanes) is 55. The standard InChI is InChI=1S/C86H168O17P2/c1-7-9-11-13-15-17-19-20-21-22-23-24-25-26-31-34-40-46-52-58-64-70-85(90)102-82(75-97-84(89)69-63-57-51-45-39-33-30-28-27-29-32-37-42-48-54-60-66-78(3)4)77-101-105(94,95)99-73-80(87)72-98-104(92,93)100-76-81(74-96-83(88)68-62-56-50-44-36-18-16-14-12-10-8-2)103-86(91)71-65-59-53-47-41-35-38-43-49-55-61-67-79(5)6/h78-82,87H,7-77H2,1-6H3,(H,92,93)(H,94,95)/t80-,81+,82+/m0/s1. The van der Waals surface area contributed by atoms with Gasteiger partial charge >= 0.3 is 39.5 Å². The summed E-state index contributed by atoms with van der Waals surface area (Å²) < 4.78 is 68.9. The van der Waals surface area contributed by atoms with E-state index in [9.17, 15) is 43.2 Å². The number of phosphoric ester groups is 2. The van der Waals surface area contributed by atoms with Gasteiger partial charge in [0.2, 0.25) is 0 Å². The predicted octanol–water partition coefficient (Wildman–Crippen LogP) is 26.2. The van der Waals surface area contributed by atoms with Gasteiger partial charge in [0.05, 0.1) is 26.4 Å². The van der Waals surface area contributed by atoms with Crippen molar-refractivity contribution in [3.63, 3.8) is 0 Å². The Morgan fingerprint density at radius 1 is 0.257 bits per heavy atom. The molecule has 0 aromatic rings. The SMILES string of the molecule is CCCCCCCCCCCCCCCCCCCCCCCC(=O)O[C@H](COC(=O)CCCCCCCCCCCCCCCCCCC(C)C)COP(=O)(O)OC[C@@H](O)COP(=O)(O)OC[C@@H](COC(=O)CCCCCCCCCCCCC)OC(=O)CCCCCCCCCCCCCC(C)C. The Hall–Kier alpha value is -1.94. The Morgan fingerprint density at radius 3 is 0.648 bits per heavy atom. The lowest BCUT2D eigenvalue weighted by Crippen LogP contribution is -2.30. The summed E-state index contributed by atoms with van der Waals surface area (Å²) >= 11 is 0. The number of aliphatic hydroxyl groups excluding tert-OH is 1. The van der Waals surface area contributed by atoms with Gasteiger partial charge in [-0.15, -0.1) is 0 Å². The van der Waals surface area contributed by atoms with E-state index in [1.165, 1.54) is 276 Å². The molecule has 0 saturated carbocycles. The van der Waals surface area contributed by atoms with Crippen molar-refractivity contribution in [2.45, 2.75) is 477 Å². The van der Waals surface area contributed by atoms with Gasteiger partial charge in [0.25, 0.3) is 0 Å². The van der Waals surface area contributed by atoms with Crippen LogP contribution in [0.25, 0.3) is 0 Å².